The molecule has 0 amide bonds. The zero-order valence-electron chi connectivity index (χ0n) is 10.7. The van der Waals surface area contributed by atoms with E-state index < -0.39 is 5.97 Å². The van der Waals surface area contributed by atoms with E-state index in [1.54, 1.807) is 6.92 Å². The molecule has 0 saturated heterocycles. The van der Waals surface area contributed by atoms with Gasteiger partial charge in [-0.25, -0.2) is 0 Å². The summed E-state index contributed by atoms with van der Waals surface area (Å²) in [5.41, 5.74) is -0.141. The first-order chi connectivity index (χ1) is 7.79. The number of carboxylic acids is 1. The van der Waals surface area contributed by atoms with Gasteiger partial charge in [-0.05, 0) is 27.7 Å². The molecule has 1 heterocycles. The first-order valence-corrected chi connectivity index (χ1v) is 5.55. The zero-order chi connectivity index (χ0) is 13.1. The summed E-state index contributed by atoms with van der Waals surface area (Å²) in [5.74, 6) is 0.302. The molecule has 1 N–H and O–H groups in total. The molecule has 0 unspecified atom stereocenters. The number of hydrogen-bond acceptors (Lipinski definition) is 5. The Bertz CT molecular complexity index is 382. The Morgan fingerprint density at radius 3 is 2.53 bits per heavy atom. The number of hydrogen-bond donors (Lipinski definition) is 1. The Morgan fingerprint density at radius 2 is 2.12 bits per heavy atom. The van der Waals surface area contributed by atoms with E-state index in [-0.39, 0.29) is 12.0 Å². The normalized spacial score (nSPS) is 12.1. The van der Waals surface area contributed by atoms with Crippen molar-refractivity contribution in [2.45, 2.75) is 46.2 Å². The molecule has 17 heavy (non-hydrogen) atoms. The third-order valence-corrected chi connectivity index (χ3v) is 2.44. The molecule has 1 aromatic heterocycles. The minimum atomic E-state index is -0.805. The van der Waals surface area contributed by atoms with Crippen molar-refractivity contribution in [1.29, 1.82) is 0 Å². The summed E-state index contributed by atoms with van der Waals surface area (Å²) in [4.78, 5) is 16.7. The van der Waals surface area contributed by atoms with Gasteiger partial charge in [-0.15, -0.1) is 0 Å². The van der Waals surface area contributed by atoms with Gasteiger partial charge in [0.05, 0.1) is 13.0 Å². The molecule has 0 aliphatic carbocycles. The highest BCUT2D eigenvalue weighted by molar-refractivity contribution is 5.66. The standard InChI is InChI=1S/C11H19N3O3/c1-8-12-9(17-13-8)7-14(11(2,3)4)6-5-10(15)16/h5-7H2,1-4H3,(H,15,16). The Morgan fingerprint density at radius 1 is 1.47 bits per heavy atom. The molecule has 96 valence electrons. The summed E-state index contributed by atoms with van der Waals surface area (Å²) in [6.07, 6.45) is 0.102. The third-order valence-electron chi connectivity index (χ3n) is 2.44. The molecule has 0 fully saturated rings. The van der Waals surface area contributed by atoms with Gasteiger partial charge < -0.3 is 9.63 Å². The number of carboxylic acid groups (broad SMARTS) is 1. The van der Waals surface area contributed by atoms with Crippen molar-refractivity contribution in [3.05, 3.63) is 11.7 Å². The van der Waals surface area contributed by atoms with Gasteiger partial charge >= 0.3 is 5.97 Å². The Balaban J connectivity index is 2.67. The van der Waals surface area contributed by atoms with Crippen LogP contribution in [0.15, 0.2) is 4.52 Å². The number of carbonyl (C=O) groups is 1. The van der Waals surface area contributed by atoms with Gasteiger partial charge in [-0.2, -0.15) is 4.98 Å². The predicted octanol–water partition coefficient (Wildman–Crippen LogP) is 1.45. The van der Waals surface area contributed by atoms with E-state index in [2.05, 4.69) is 10.1 Å². The lowest BCUT2D eigenvalue weighted by Gasteiger charge is -2.34. The summed E-state index contributed by atoms with van der Waals surface area (Å²) in [5, 5.41) is 12.4. The molecule has 0 atom stereocenters. The van der Waals surface area contributed by atoms with Crippen molar-refractivity contribution in [3.63, 3.8) is 0 Å². The molecule has 0 aliphatic rings. The molecule has 0 bridgehead atoms. The molecule has 0 saturated carbocycles. The highest BCUT2D eigenvalue weighted by atomic mass is 16.5. The first-order valence-electron chi connectivity index (χ1n) is 5.55. The second kappa shape index (κ2) is 5.27. The summed E-state index contributed by atoms with van der Waals surface area (Å²) < 4.78 is 5.05. The van der Waals surface area contributed by atoms with E-state index in [0.717, 1.165) is 0 Å². The van der Waals surface area contributed by atoms with Gasteiger partial charge in [0.1, 0.15) is 0 Å². The minimum Gasteiger partial charge on any atom is -0.481 e. The third kappa shape index (κ3) is 4.52. The quantitative estimate of drug-likeness (QED) is 0.840. The van der Waals surface area contributed by atoms with Gasteiger partial charge in [0, 0.05) is 12.1 Å². The van der Waals surface area contributed by atoms with Crippen LogP contribution in [0.2, 0.25) is 0 Å². The summed E-state index contributed by atoms with van der Waals surface area (Å²) in [6, 6.07) is 0. The molecular weight excluding hydrogens is 222 g/mol. The van der Waals surface area contributed by atoms with Crippen LogP contribution in [-0.2, 0) is 11.3 Å². The number of aryl methyl sites for hydroxylation is 1. The number of aromatic nitrogens is 2. The van der Waals surface area contributed by atoms with Crippen LogP contribution in [0.3, 0.4) is 0 Å². The lowest BCUT2D eigenvalue weighted by Crippen LogP contribution is -2.42. The van der Waals surface area contributed by atoms with E-state index in [1.165, 1.54) is 0 Å². The lowest BCUT2D eigenvalue weighted by atomic mass is 10.1. The van der Waals surface area contributed by atoms with E-state index >= 15 is 0 Å². The SMILES string of the molecule is Cc1noc(CN(CCC(=O)O)C(C)(C)C)n1. The number of nitrogens with zero attached hydrogens (tertiary/aromatic N) is 3. The average Bonchev–Trinajstić information content (AvgIpc) is 2.56. The van der Waals surface area contributed by atoms with Crippen molar-refractivity contribution in [2.75, 3.05) is 6.54 Å². The average molecular weight is 241 g/mol. The van der Waals surface area contributed by atoms with Gasteiger partial charge in [0.2, 0.25) is 5.89 Å². The summed E-state index contributed by atoms with van der Waals surface area (Å²) >= 11 is 0. The van der Waals surface area contributed by atoms with E-state index in [0.29, 0.717) is 24.8 Å². The molecule has 1 rings (SSSR count). The molecule has 6 heteroatoms. The first kappa shape index (κ1) is 13.6. The Labute approximate surface area is 101 Å². The fraction of sp³-hybridized carbons (Fsp3) is 0.727. The fourth-order valence-electron chi connectivity index (χ4n) is 1.45. The maximum absolute atomic E-state index is 10.6. The lowest BCUT2D eigenvalue weighted by molar-refractivity contribution is -0.137. The van der Waals surface area contributed by atoms with Crippen molar-refractivity contribution < 1.29 is 14.4 Å². The van der Waals surface area contributed by atoms with Gasteiger partial charge in [0.25, 0.3) is 0 Å². The highest BCUT2D eigenvalue weighted by Gasteiger charge is 2.23. The molecule has 0 radical (unpaired) electrons. The van der Waals surface area contributed by atoms with Crippen LogP contribution in [-0.4, -0.2) is 38.2 Å². The second-order valence-corrected chi connectivity index (χ2v) is 4.97. The van der Waals surface area contributed by atoms with Crippen molar-refractivity contribution in [1.82, 2.24) is 15.0 Å². The summed E-state index contributed by atoms with van der Waals surface area (Å²) in [6.45, 7) is 8.76. The molecule has 0 aliphatic heterocycles. The zero-order valence-corrected chi connectivity index (χ0v) is 10.7. The van der Waals surface area contributed by atoms with Crippen molar-refractivity contribution in [2.24, 2.45) is 0 Å². The van der Waals surface area contributed by atoms with Crippen LogP contribution in [0.5, 0.6) is 0 Å². The van der Waals surface area contributed by atoms with Crippen molar-refractivity contribution >= 4 is 5.97 Å². The number of rotatable bonds is 5. The summed E-state index contributed by atoms with van der Waals surface area (Å²) in [7, 11) is 0. The molecule has 6 nitrogen and oxygen atoms in total. The largest absolute Gasteiger partial charge is 0.481 e. The Kier molecular flexibility index (Phi) is 4.22. The maximum Gasteiger partial charge on any atom is 0.304 e. The molecule has 0 spiro atoms. The molecule has 1 aromatic rings. The monoisotopic (exact) mass is 241 g/mol. The fourth-order valence-corrected chi connectivity index (χ4v) is 1.45. The highest BCUT2D eigenvalue weighted by Crippen LogP contribution is 2.16. The van der Waals surface area contributed by atoms with E-state index in [9.17, 15) is 4.79 Å². The molecular formula is C11H19N3O3. The second-order valence-electron chi connectivity index (χ2n) is 4.97. The van der Waals surface area contributed by atoms with Crippen LogP contribution in [0.4, 0.5) is 0 Å². The minimum absolute atomic E-state index is 0.102. The smallest absolute Gasteiger partial charge is 0.304 e. The van der Waals surface area contributed by atoms with Crippen LogP contribution in [0.1, 0.15) is 38.9 Å². The van der Waals surface area contributed by atoms with E-state index in [1.807, 2.05) is 25.7 Å². The van der Waals surface area contributed by atoms with Gasteiger partial charge in [-0.3, -0.25) is 9.69 Å². The molecule has 0 aromatic carbocycles. The van der Waals surface area contributed by atoms with Crippen LogP contribution >= 0.6 is 0 Å². The number of aliphatic carboxylic acids is 1. The predicted molar refractivity (Wildman–Crippen MR) is 61.5 cm³/mol. The van der Waals surface area contributed by atoms with Gasteiger partial charge in [0.15, 0.2) is 5.82 Å². The Hall–Kier alpha value is -1.43. The van der Waals surface area contributed by atoms with Crippen molar-refractivity contribution in [3.8, 4) is 0 Å². The van der Waals surface area contributed by atoms with Gasteiger partial charge in [-0.1, -0.05) is 5.16 Å². The maximum atomic E-state index is 10.6. The van der Waals surface area contributed by atoms with E-state index in [4.69, 9.17) is 9.63 Å². The van der Waals surface area contributed by atoms with Crippen LogP contribution in [0.25, 0.3) is 0 Å². The topological polar surface area (TPSA) is 79.5 Å². The van der Waals surface area contributed by atoms with Crippen LogP contribution < -0.4 is 0 Å². The van der Waals surface area contributed by atoms with Crippen LogP contribution in [0, 0.1) is 6.92 Å².